The summed E-state index contributed by atoms with van der Waals surface area (Å²) in [5.41, 5.74) is 1.23. The molecule has 0 radical (unpaired) electrons. The molecule has 1 aliphatic heterocycles. The molecule has 3 rings (SSSR count). The molecule has 0 unspecified atom stereocenters. The summed E-state index contributed by atoms with van der Waals surface area (Å²) >= 11 is 6.05. The van der Waals surface area contributed by atoms with Crippen LogP contribution < -0.4 is 10.6 Å². The topological polar surface area (TPSA) is 67.1 Å². The van der Waals surface area contributed by atoms with Gasteiger partial charge in [0.2, 0.25) is 0 Å². The molecule has 1 aromatic carbocycles. The van der Waals surface area contributed by atoms with Gasteiger partial charge in [0.15, 0.2) is 5.96 Å². The van der Waals surface area contributed by atoms with Gasteiger partial charge in [-0.2, -0.15) is 0 Å². The fourth-order valence-electron chi connectivity index (χ4n) is 3.52. The van der Waals surface area contributed by atoms with Crippen LogP contribution in [-0.2, 0) is 25.8 Å². The summed E-state index contributed by atoms with van der Waals surface area (Å²) in [6.07, 6.45) is 7.64. The zero-order chi connectivity index (χ0) is 19.6. The van der Waals surface area contributed by atoms with Crippen molar-refractivity contribution < 1.29 is 0 Å². The Morgan fingerprint density at radius 1 is 1.18 bits per heavy atom. The van der Waals surface area contributed by atoms with Crippen molar-refractivity contribution in [3.8, 4) is 0 Å². The van der Waals surface area contributed by atoms with Gasteiger partial charge in [0.25, 0.3) is 0 Å². The van der Waals surface area contributed by atoms with Crippen LogP contribution in [0.4, 0.5) is 0 Å². The summed E-state index contributed by atoms with van der Waals surface area (Å²) in [6.45, 7) is 5.59. The van der Waals surface area contributed by atoms with Gasteiger partial charge in [0.05, 0.1) is 0 Å². The second kappa shape index (κ2) is 11.1. The second-order valence-corrected chi connectivity index (χ2v) is 7.60. The third-order valence-corrected chi connectivity index (χ3v) is 5.19. The molecule has 1 aromatic heterocycles. The van der Waals surface area contributed by atoms with Gasteiger partial charge in [-0.05, 0) is 50.3 Å². The first-order chi connectivity index (χ1) is 13.8. The molecular weight excluding hydrogens is 372 g/mol. The number of rotatable bonds is 8. The van der Waals surface area contributed by atoms with Crippen molar-refractivity contribution in [1.29, 1.82) is 0 Å². The van der Waals surface area contributed by atoms with Crippen LogP contribution in [0.1, 0.15) is 49.8 Å². The summed E-state index contributed by atoms with van der Waals surface area (Å²) in [4.78, 5) is 4.70. The molecule has 6 nitrogen and oxygen atoms in total. The number of guanidine groups is 1. The average molecular weight is 403 g/mol. The van der Waals surface area contributed by atoms with Crippen LogP contribution in [0.3, 0.4) is 0 Å². The van der Waals surface area contributed by atoms with Crippen LogP contribution in [0, 0.1) is 0 Å². The molecule has 0 amide bonds. The molecule has 0 spiro atoms. The fourth-order valence-corrected chi connectivity index (χ4v) is 3.73. The summed E-state index contributed by atoms with van der Waals surface area (Å²) in [5.74, 6) is 3.14. The van der Waals surface area contributed by atoms with Crippen molar-refractivity contribution in [2.24, 2.45) is 4.99 Å². The van der Waals surface area contributed by atoms with Gasteiger partial charge in [0.1, 0.15) is 11.6 Å². The third-order valence-electron chi connectivity index (χ3n) is 4.95. The van der Waals surface area contributed by atoms with Crippen LogP contribution in [-0.4, -0.2) is 40.4 Å². The highest BCUT2D eigenvalue weighted by Crippen LogP contribution is 2.15. The first-order valence-electron chi connectivity index (χ1n) is 10.4. The Hall–Kier alpha value is -2.08. The number of halogens is 1. The lowest BCUT2D eigenvalue weighted by Crippen LogP contribution is -2.38. The van der Waals surface area contributed by atoms with Crippen LogP contribution in [0.5, 0.6) is 0 Å². The summed E-state index contributed by atoms with van der Waals surface area (Å²) in [5, 5.41) is 16.3. The average Bonchev–Trinajstić information content (AvgIpc) is 2.91. The number of nitrogens with zero attached hydrogens (tertiary/aromatic N) is 4. The Bertz CT molecular complexity index is 770. The molecule has 0 saturated heterocycles. The highest BCUT2D eigenvalue weighted by Gasteiger charge is 2.13. The monoisotopic (exact) mass is 402 g/mol. The predicted molar refractivity (Wildman–Crippen MR) is 115 cm³/mol. The highest BCUT2D eigenvalue weighted by molar-refractivity contribution is 6.30. The number of aliphatic imine (C=N–C) groups is 1. The van der Waals surface area contributed by atoms with Crippen molar-refractivity contribution in [2.45, 2.75) is 58.4 Å². The van der Waals surface area contributed by atoms with Gasteiger partial charge in [-0.25, -0.2) is 0 Å². The zero-order valence-electron chi connectivity index (χ0n) is 16.8. The zero-order valence-corrected chi connectivity index (χ0v) is 17.5. The summed E-state index contributed by atoms with van der Waals surface area (Å²) in [6, 6.07) is 7.99. The van der Waals surface area contributed by atoms with Gasteiger partial charge in [-0.1, -0.05) is 30.2 Å². The minimum atomic E-state index is 0.773. The lowest BCUT2D eigenvalue weighted by atomic mass is 10.1. The quantitative estimate of drug-likeness (QED) is 0.403. The minimum absolute atomic E-state index is 0.773. The normalized spacial score (nSPS) is 14.4. The van der Waals surface area contributed by atoms with Crippen molar-refractivity contribution in [3.05, 3.63) is 46.5 Å². The maximum Gasteiger partial charge on any atom is 0.191 e. The Balaban J connectivity index is 1.44. The molecule has 0 saturated carbocycles. The molecule has 2 heterocycles. The van der Waals surface area contributed by atoms with Gasteiger partial charge in [-0.3, -0.25) is 4.99 Å². The van der Waals surface area contributed by atoms with E-state index in [9.17, 15) is 0 Å². The van der Waals surface area contributed by atoms with E-state index in [2.05, 4.69) is 38.4 Å². The summed E-state index contributed by atoms with van der Waals surface area (Å²) < 4.78 is 2.32. The van der Waals surface area contributed by atoms with E-state index < -0.39 is 0 Å². The number of fused-ring (bicyclic) bond motifs is 1. The van der Waals surface area contributed by atoms with Gasteiger partial charge < -0.3 is 15.2 Å². The van der Waals surface area contributed by atoms with Crippen LogP contribution >= 0.6 is 11.6 Å². The Morgan fingerprint density at radius 2 is 2.11 bits per heavy atom. The van der Waals surface area contributed by atoms with E-state index >= 15 is 0 Å². The number of nitrogens with one attached hydrogen (secondary N) is 2. The van der Waals surface area contributed by atoms with Crippen molar-refractivity contribution >= 4 is 17.6 Å². The molecule has 7 heteroatoms. The lowest BCUT2D eigenvalue weighted by molar-refractivity contribution is 0.597. The van der Waals surface area contributed by atoms with Crippen molar-refractivity contribution in [3.63, 3.8) is 0 Å². The molecule has 1 aliphatic rings. The van der Waals surface area contributed by atoms with E-state index in [-0.39, 0.29) is 0 Å². The van der Waals surface area contributed by atoms with E-state index in [0.29, 0.717) is 0 Å². The standard InChI is InChI=1S/C21H31ClN6/c1-2-23-21(25-14-12-17-8-6-9-18(22)16-17)24-13-7-11-20-27-26-19-10-4-3-5-15-28(19)20/h6,8-9,16H,2-5,7,10-15H2,1H3,(H2,23,24,25). The SMILES string of the molecule is CCNC(=NCCCc1nnc2n1CCCCC2)NCCc1cccc(Cl)c1. The maximum absolute atomic E-state index is 6.05. The van der Waals surface area contributed by atoms with Gasteiger partial charge >= 0.3 is 0 Å². The van der Waals surface area contributed by atoms with Crippen LogP contribution in [0.15, 0.2) is 29.3 Å². The molecule has 0 bridgehead atoms. The number of benzene rings is 1. The molecule has 0 aliphatic carbocycles. The second-order valence-electron chi connectivity index (χ2n) is 7.17. The maximum atomic E-state index is 6.05. The van der Waals surface area contributed by atoms with Gasteiger partial charge in [-0.15, -0.1) is 10.2 Å². The number of aromatic nitrogens is 3. The van der Waals surface area contributed by atoms with Crippen molar-refractivity contribution in [2.75, 3.05) is 19.6 Å². The molecule has 2 N–H and O–H groups in total. The van der Waals surface area contributed by atoms with E-state index in [1.807, 2.05) is 18.2 Å². The first-order valence-corrected chi connectivity index (χ1v) is 10.8. The van der Waals surface area contributed by atoms with E-state index in [0.717, 1.165) is 74.5 Å². The molecule has 152 valence electrons. The third kappa shape index (κ3) is 6.23. The smallest absolute Gasteiger partial charge is 0.191 e. The van der Waals surface area contributed by atoms with Gasteiger partial charge in [0, 0.05) is 44.0 Å². The summed E-state index contributed by atoms with van der Waals surface area (Å²) in [7, 11) is 0. The largest absolute Gasteiger partial charge is 0.357 e. The number of hydrogen-bond acceptors (Lipinski definition) is 3. The Kier molecular flexibility index (Phi) is 8.15. The van der Waals surface area contributed by atoms with E-state index in [4.69, 9.17) is 16.6 Å². The fraction of sp³-hybridized carbons (Fsp3) is 0.571. The van der Waals surface area contributed by atoms with Crippen molar-refractivity contribution in [1.82, 2.24) is 25.4 Å². The number of aryl methyl sites for hydroxylation is 2. The molecule has 2 aromatic rings. The Morgan fingerprint density at radius 3 is 2.96 bits per heavy atom. The van der Waals surface area contributed by atoms with E-state index in [1.54, 1.807) is 0 Å². The lowest BCUT2D eigenvalue weighted by Gasteiger charge is -2.11. The number of hydrogen-bond donors (Lipinski definition) is 2. The Labute approximate surface area is 172 Å². The molecular formula is C21H31ClN6. The van der Waals surface area contributed by atoms with Crippen LogP contribution in [0.2, 0.25) is 5.02 Å². The molecule has 0 atom stereocenters. The highest BCUT2D eigenvalue weighted by atomic mass is 35.5. The predicted octanol–water partition coefficient (Wildman–Crippen LogP) is 3.39. The first kappa shape index (κ1) is 20.6. The molecule has 0 fully saturated rings. The van der Waals surface area contributed by atoms with Crippen LogP contribution in [0.25, 0.3) is 0 Å². The molecule has 28 heavy (non-hydrogen) atoms. The minimum Gasteiger partial charge on any atom is -0.357 e. The van der Waals surface area contributed by atoms with E-state index in [1.165, 1.54) is 24.8 Å².